The minimum atomic E-state index is -0.207. The Balaban J connectivity index is 2.72. The highest BCUT2D eigenvalue weighted by molar-refractivity contribution is 6.18. The molecule has 0 heterocycles. The van der Waals surface area contributed by atoms with E-state index in [0.29, 0.717) is 12.5 Å². The summed E-state index contributed by atoms with van der Waals surface area (Å²) in [5.41, 5.74) is 2.64. The van der Waals surface area contributed by atoms with Gasteiger partial charge in [0.25, 0.3) is 0 Å². The first kappa shape index (κ1) is 22.3. The van der Waals surface area contributed by atoms with Crippen LogP contribution in [0.2, 0.25) is 0 Å². The van der Waals surface area contributed by atoms with E-state index in [1.807, 2.05) is 6.92 Å². The topological polar surface area (TPSA) is 26.3 Å². The Hall–Kier alpha value is -0.760. The Morgan fingerprint density at radius 3 is 2.44 bits per heavy atom. The zero-order valence-corrected chi connectivity index (χ0v) is 17.4. The third-order valence-electron chi connectivity index (χ3n) is 5.62. The Labute approximate surface area is 160 Å². The number of allylic oxidation sites excluding steroid dienone is 3. The Morgan fingerprint density at radius 1 is 1.16 bits per heavy atom. The van der Waals surface area contributed by atoms with Gasteiger partial charge in [-0.3, -0.25) is 0 Å². The number of carbonyl (C=O) groups is 1. The minimum absolute atomic E-state index is 0.207. The number of esters is 1. The fourth-order valence-electron chi connectivity index (χ4n) is 3.99. The SMILES string of the molecule is CCOC(=O)C=C1C=C(CC(CC)CC(CC)C(CC)CCl)CCC1. The molecule has 0 saturated carbocycles. The first-order chi connectivity index (χ1) is 12.1. The van der Waals surface area contributed by atoms with Crippen LogP contribution in [0.4, 0.5) is 0 Å². The molecule has 2 nitrogen and oxygen atoms in total. The van der Waals surface area contributed by atoms with Crippen LogP contribution in [0.1, 0.15) is 79.1 Å². The lowest BCUT2D eigenvalue weighted by atomic mass is 9.78. The molecule has 1 rings (SSSR count). The summed E-state index contributed by atoms with van der Waals surface area (Å²) in [6.07, 6.45) is 13.3. The third kappa shape index (κ3) is 7.98. The molecule has 0 radical (unpaired) electrons. The molecule has 0 saturated heterocycles. The zero-order valence-electron chi connectivity index (χ0n) is 16.7. The van der Waals surface area contributed by atoms with E-state index in [0.717, 1.165) is 42.6 Å². The molecule has 3 atom stereocenters. The Kier molecular flexibility index (Phi) is 11.2. The lowest BCUT2D eigenvalue weighted by Crippen LogP contribution is -2.19. The highest BCUT2D eigenvalue weighted by atomic mass is 35.5. The van der Waals surface area contributed by atoms with E-state index in [-0.39, 0.29) is 5.97 Å². The van der Waals surface area contributed by atoms with Gasteiger partial charge in [-0.05, 0) is 62.4 Å². The minimum Gasteiger partial charge on any atom is -0.463 e. The number of hydrogen-bond acceptors (Lipinski definition) is 2. The molecule has 0 fully saturated rings. The van der Waals surface area contributed by atoms with Crippen molar-refractivity contribution in [2.45, 2.75) is 79.1 Å². The molecule has 0 aromatic carbocycles. The predicted molar refractivity (Wildman–Crippen MR) is 108 cm³/mol. The van der Waals surface area contributed by atoms with E-state index < -0.39 is 0 Å². The standard InChI is InChI=1S/C22H37ClO2/c1-5-17(14-20(6-2)21(7-3)16-23)12-18-10-9-11-19(13-18)15-22(24)25-8-4/h13,15,17,20-21H,5-12,14,16H2,1-4H3. The van der Waals surface area contributed by atoms with E-state index in [9.17, 15) is 4.79 Å². The molecule has 144 valence electrons. The van der Waals surface area contributed by atoms with Crippen LogP contribution in [0.25, 0.3) is 0 Å². The number of carbonyl (C=O) groups excluding carboxylic acids is 1. The van der Waals surface area contributed by atoms with Crippen LogP contribution in [0, 0.1) is 17.8 Å². The molecule has 0 aromatic rings. The van der Waals surface area contributed by atoms with Gasteiger partial charge < -0.3 is 4.74 Å². The van der Waals surface area contributed by atoms with Crippen molar-refractivity contribution >= 4 is 17.6 Å². The Morgan fingerprint density at radius 2 is 1.88 bits per heavy atom. The van der Waals surface area contributed by atoms with Crippen LogP contribution in [0.15, 0.2) is 23.3 Å². The third-order valence-corrected chi connectivity index (χ3v) is 6.02. The highest BCUT2D eigenvalue weighted by Gasteiger charge is 2.22. The molecule has 0 N–H and O–H groups in total. The van der Waals surface area contributed by atoms with E-state index >= 15 is 0 Å². The lowest BCUT2D eigenvalue weighted by molar-refractivity contribution is -0.137. The van der Waals surface area contributed by atoms with Crippen LogP contribution in [-0.2, 0) is 9.53 Å². The number of hydrogen-bond donors (Lipinski definition) is 0. The fraction of sp³-hybridized carbons (Fsp3) is 0.773. The van der Waals surface area contributed by atoms with Gasteiger partial charge in [0.05, 0.1) is 6.61 Å². The molecule has 0 amide bonds. The molecule has 0 bridgehead atoms. The molecule has 1 aliphatic carbocycles. The summed E-state index contributed by atoms with van der Waals surface area (Å²) >= 11 is 6.19. The van der Waals surface area contributed by atoms with Crippen LogP contribution < -0.4 is 0 Å². The van der Waals surface area contributed by atoms with Gasteiger partial charge in [0.1, 0.15) is 0 Å². The van der Waals surface area contributed by atoms with Crippen molar-refractivity contribution in [1.82, 2.24) is 0 Å². The molecular weight excluding hydrogens is 332 g/mol. The molecule has 0 spiro atoms. The van der Waals surface area contributed by atoms with Crippen molar-refractivity contribution in [2.75, 3.05) is 12.5 Å². The van der Waals surface area contributed by atoms with Gasteiger partial charge in [-0.1, -0.05) is 51.7 Å². The second-order valence-electron chi connectivity index (χ2n) is 7.33. The van der Waals surface area contributed by atoms with Gasteiger partial charge in [0.2, 0.25) is 0 Å². The zero-order chi connectivity index (χ0) is 18.7. The molecule has 3 heteroatoms. The Bertz CT molecular complexity index is 449. The number of halogens is 1. The summed E-state index contributed by atoms with van der Waals surface area (Å²) in [5, 5.41) is 0. The first-order valence-corrected chi connectivity index (χ1v) is 10.7. The van der Waals surface area contributed by atoms with Crippen molar-refractivity contribution < 1.29 is 9.53 Å². The first-order valence-electron chi connectivity index (χ1n) is 10.2. The average molecular weight is 369 g/mol. The van der Waals surface area contributed by atoms with Crippen LogP contribution >= 0.6 is 11.6 Å². The van der Waals surface area contributed by atoms with Crippen molar-refractivity contribution in [1.29, 1.82) is 0 Å². The van der Waals surface area contributed by atoms with Crippen LogP contribution in [0.3, 0.4) is 0 Å². The normalized spacial score (nSPS) is 20.0. The molecular formula is C22H37ClO2. The maximum atomic E-state index is 11.7. The van der Waals surface area contributed by atoms with Crippen LogP contribution in [-0.4, -0.2) is 18.5 Å². The van der Waals surface area contributed by atoms with Gasteiger partial charge in [-0.2, -0.15) is 0 Å². The lowest BCUT2D eigenvalue weighted by Gasteiger charge is -2.28. The quantitative estimate of drug-likeness (QED) is 0.231. The van der Waals surface area contributed by atoms with Gasteiger partial charge >= 0.3 is 5.97 Å². The molecule has 0 aliphatic heterocycles. The number of rotatable bonds is 11. The smallest absolute Gasteiger partial charge is 0.331 e. The molecule has 25 heavy (non-hydrogen) atoms. The van der Waals surface area contributed by atoms with E-state index in [2.05, 4.69) is 26.8 Å². The van der Waals surface area contributed by atoms with Gasteiger partial charge in [-0.25, -0.2) is 4.79 Å². The highest BCUT2D eigenvalue weighted by Crippen LogP contribution is 2.34. The van der Waals surface area contributed by atoms with Gasteiger partial charge in [0.15, 0.2) is 0 Å². The van der Waals surface area contributed by atoms with E-state index in [1.54, 1.807) is 6.08 Å². The largest absolute Gasteiger partial charge is 0.463 e. The van der Waals surface area contributed by atoms with Crippen LogP contribution in [0.5, 0.6) is 0 Å². The van der Waals surface area contributed by atoms with Crippen molar-refractivity contribution in [3.8, 4) is 0 Å². The van der Waals surface area contributed by atoms with Gasteiger partial charge in [0, 0.05) is 12.0 Å². The second-order valence-corrected chi connectivity index (χ2v) is 7.64. The monoisotopic (exact) mass is 368 g/mol. The summed E-state index contributed by atoms with van der Waals surface area (Å²) < 4.78 is 5.04. The average Bonchev–Trinajstić information content (AvgIpc) is 2.61. The molecule has 0 aromatic heterocycles. The maximum absolute atomic E-state index is 11.7. The molecule has 1 aliphatic rings. The van der Waals surface area contributed by atoms with Crippen molar-refractivity contribution in [3.05, 3.63) is 23.3 Å². The van der Waals surface area contributed by atoms with Gasteiger partial charge in [-0.15, -0.1) is 11.6 Å². The summed E-state index contributed by atoms with van der Waals surface area (Å²) in [6.45, 7) is 9.14. The van der Waals surface area contributed by atoms with Crippen molar-refractivity contribution in [2.24, 2.45) is 17.8 Å². The molecule has 3 unspecified atom stereocenters. The fourth-order valence-corrected chi connectivity index (χ4v) is 4.46. The maximum Gasteiger partial charge on any atom is 0.331 e. The number of ether oxygens (including phenoxy) is 1. The summed E-state index contributed by atoms with van der Waals surface area (Å²) in [5.74, 6) is 2.66. The summed E-state index contributed by atoms with van der Waals surface area (Å²) in [6, 6.07) is 0. The summed E-state index contributed by atoms with van der Waals surface area (Å²) in [4.78, 5) is 11.7. The summed E-state index contributed by atoms with van der Waals surface area (Å²) in [7, 11) is 0. The second kappa shape index (κ2) is 12.6. The van der Waals surface area contributed by atoms with Crippen molar-refractivity contribution in [3.63, 3.8) is 0 Å². The number of alkyl halides is 1. The van der Waals surface area contributed by atoms with E-state index in [1.165, 1.54) is 37.7 Å². The van der Waals surface area contributed by atoms with E-state index in [4.69, 9.17) is 16.3 Å². The predicted octanol–water partition coefficient (Wildman–Crippen LogP) is 6.68.